The van der Waals surface area contributed by atoms with Crippen LogP contribution < -0.4 is 10.0 Å². The van der Waals surface area contributed by atoms with Crippen LogP contribution in [0.5, 0.6) is 0 Å². The van der Waals surface area contributed by atoms with Crippen molar-refractivity contribution >= 4 is 21.6 Å². The quantitative estimate of drug-likeness (QED) is 0.550. The summed E-state index contributed by atoms with van der Waals surface area (Å²) in [6.07, 6.45) is 0. The molecule has 3 rings (SSSR count). The molecule has 3 aromatic rings. The molecular weight excluding hydrogens is 408 g/mol. The van der Waals surface area contributed by atoms with Gasteiger partial charge in [-0.25, -0.2) is 8.42 Å². The highest BCUT2D eigenvalue weighted by Gasteiger charge is 2.20. The van der Waals surface area contributed by atoms with E-state index in [1.807, 2.05) is 63.2 Å². The Balaban J connectivity index is 1.79. The molecule has 1 unspecified atom stereocenters. The Morgan fingerprint density at radius 3 is 2.32 bits per heavy atom. The van der Waals surface area contributed by atoms with E-state index in [2.05, 4.69) is 10.0 Å². The van der Waals surface area contributed by atoms with E-state index >= 15 is 0 Å². The second-order valence-electron chi connectivity index (χ2n) is 7.86. The maximum absolute atomic E-state index is 13.1. The van der Waals surface area contributed by atoms with Gasteiger partial charge in [0.1, 0.15) is 0 Å². The molecule has 3 aromatic carbocycles. The second kappa shape index (κ2) is 9.35. The van der Waals surface area contributed by atoms with E-state index in [0.29, 0.717) is 23.4 Å². The highest BCUT2D eigenvalue weighted by atomic mass is 32.2. The number of aryl methyl sites for hydroxylation is 2. The Bertz CT molecular complexity index is 1190. The Kier molecular flexibility index (Phi) is 6.81. The molecule has 0 saturated carbocycles. The Hall–Kier alpha value is -3.12. The normalized spacial score (nSPS) is 12.3. The summed E-state index contributed by atoms with van der Waals surface area (Å²) < 4.78 is 28.8. The fraction of sp³-hybridized carbons (Fsp3) is 0.240. The smallest absolute Gasteiger partial charge is 0.262 e. The number of sulfonamides is 1. The van der Waals surface area contributed by atoms with Gasteiger partial charge < -0.3 is 5.32 Å². The topological polar surface area (TPSA) is 75.3 Å². The average molecular weight is 437 g/mol. The molecule has 0 spiro atoms. The van der Waals surface area contributed by atoms with Gasteiger partial charge in [0.15, 0.2) is 0 Å². The van der Waals surface area contributed by atoms with Crippen molar-refractivity contribution in [3.05, 3.63) is 94.5 Å². The van der Waals surface area contributed by atoms with Crippen LogP contribution in [0.3, 0.4) is 0 Å². The number of carbonyl (C=O) groups is 1. The summed E-state index contributed by atoms with van der Waals surface area (Å²) in [7, 11) is -3.84. The zero-order valence-electron chi connectivity index (χ0n) is 18.3. The van der Waals surface area contributed by atoms with Gasteiger partial charge in [-0.2, -0.15) is 0 Å². The summed E-state index contributed by atoms with van der Waals surface area (Å²) in [5.74, 6) is -0.157. The van der Waals surface area contributed by atoms with Crippen LogP contribution in [0, 0.1) is 20.8 Å². The van der Waals surface area contributed by atoms with Crippen LogP contribution in [0.25, 0.3) is 0 Å². The minimum absolute atomic E-state index is 0.0946. The van der Waals surface area contributed by atoms with Crippen LogP contribution in [0.2, 0.25) is 0 Å². The molecule has 162 valence electrons. The predicted octanol–water partition coefficient (Wildman–Crippen LogP) is 4.95. The standard InChI is InChI=1S/C25H28N2O3S/c1-17-9-8-12-23(20(17)4)27-31(29,30)24-15-22(14-13-18(24)2)25(28)26-16-19(3)21-10-6-5-7-11-21/h5-15,19,27H,16H2,1-4H3,(H,26,28). The Morgan fingerprint density at radius 2 is 1.61 bits per heavy atom. The van der Waals surface area contributed by atoms with Crippen molar-refractivity contribution in [2.45, 2.75) is 38.5 Å². The van der Waals surface area contributed by atoms with E-state index in [-0.39, 0.29) is 16.7 Å². The number of nitrogens with one attached hydrogen (secondary N) is 2. The molecule has 0 aliphatic carbocycles. The third-order valence-corrected chi connectivity index (χ3v) is 7.03. The van der Waals surface area contributed by atoms with Crippen molar-refractivity contribution < 1.29 is 13.2 Å². The average Bonchev–Trinajstić information content (AvgIpc) is 2.75. The molecule has 0 saturated heterocycles. The number of hydrogen-bond donors (Lipinski definition) is 2. The van der Waals surface area contributed by atoms with E-state index in [4.69, 9.17) is 0 Å². The van der Waals surface area contributed by atoms with Gasteiger partial charge in [0.05, 0.1) is 10.6 Å². The van der Waals surface area contributed by atoms with Crippen molar-refractivity contribution in [1.29, 1.82) is 0 Å². The van der Waals surface area contributed by atoms with Crippen LogP contribution in [0.15, 0.2) is 71.6 Å². The van der Waals surface area contributed by atoms with Gasteiger partial charge in [-0.05, 0) is 67.1 Å². The summed E-state index contributed by atoms with van der Waals surface area (Å²) in [6.45, 7) is 8.02. The van der Waals surface area contributed by atoms with Crippen molar-refractivity contribution in [2.75, 3.05) is 11.3 Å². The van der Waals surface area contributed by atoms with Gasteiger partial charge in [0.2, 0.25) is 0 Å². The SMILES string of the molecule is Cc1ccc(C(=O)NCC(C)c2ccccc2)cc1S(=O)(=O)Nc1cccc(C)c1C. The molecule has 0 aliphatic rings. The van der Waals surface area contributed by atoms with Crippen LogP contribution in [-0.4, -0.2) is 20.9 Å². The third kappa shape index (κ3) is 5.33. The first-order valence-corrected chi connectivity index (χ1v) is 11.7. The van der Waals surface area contributed by atoms with Crippen LogP contribution in [0.4, 0.5) is 5.69 Å². The first kappa shape index (κ1) is 22.6. The van der Waals surface area contributed by atoms with E-state index in [1.54, 1.807) is 25.1 Å². The summed E-state index contributed by atoms with van der Waals surface area (Å²) in [5, 5.41) is 2.91. The molecule has 0 aliphatic heterocycles. The summed E-state index contributed by atoms with van der Waals surface area (Å²) in [6, 6.07) is 20.1. The first-order chi connectivity index (χ1) is 14.7. The maximum Gasteiger partial charge on any atom is 0.262 e. The lowest BCUT2D eigenvalue weighted by Crippen LogP contribution is -2.28. The molecule has 0 heterocycles. The zero-order chi connectivity index (χ0) is 22.6. The minimum atomic E-state index is -3.84. The molecule has 6 heteroatoms. The highest BCUT2D eigenvalue weighted by Crippen LogP contribution is 2.24. The number of anilines is 1. The van der Waals surface area contributed by atoms with E-state index in [9.17, 15) is 13.2 Å². The maximum atomic E-state index is 13.1. The second-order valence-corrected chi connectivity index (χ2v) is 9.51. The number of rotatable bonds is 7. The van der Waals surface area contributed by atoms with Gasteiger partial charge in [-0.15, -0.1) is 0 Å². The van der Waals surface area contributed by atoms with Gasteiger partial charge in [0, 0.05) is 12.1 Å². The third-order valence-electron chi connectivity index (χ3n) is 5.53. The van der Waals surface area contributed by atoms with E-state index in [1.165, 1.54) is 6.07 Å². The molecule has 31 heavy (non-hydrogen) atoms. The molecule has 2 N–H and O–H groups in total. The molecule has 0 aromatic heterocycles. The lowest BCUT2D eigenvalue weighted by Gasteiger charge is -2.15. The van der Waals surface area contributed by atoms with Crippen molar-refractivity contribution in [2.24, 2.45) is 0 Å². The Morgan fingerprint density at radius 1 is 0.903 bits per heavy atom. The molecule has 5 nitrogen and oxygen atoms in total. The lowest BCUT2D eigenvalue weighted by molar-refractivity contribution is 0.0951. The minimum Gasteiger partial charge on any atom is -0.351 e. The molecule has 0 fully saturated rings. The Labute approximate surface area is 184 Å². The van der Waals surface area contributed by atoms with Gasteiger partial charge in [-0.1, -0.05) is 55.5 Å². The molecule has 1 amide bonds. The molecule has 0 radical (unpaired) electrons. The van der Waals surface area contributed by atoms with Crippen LogP contribution in [0.1, 0.15) is 45.5 Å². The van der Waals surface area contributed by atoms with Crippen LogP contribution >= 0.6 is 0 Å². The number of hydrogen-bond acceptors (Lipinski definition) is 3. The molecule has 1 atom stereocenters. The van der Waals surface area contributed by atoms with E-state index < -0.39 is 10.0 Å². The van der Waals surface area contributed by atoms with E-state index in [0.717, 1.165) is 16.7 Å². The van der Waals surface area contributed by atoms with Gasteiger partial charge >= 0.3 is 0 Å². The largest absolute Gasteiger partial charge is 0.351 e. The summed E-state index contributed by atoms with van der Waals surface area (Å²) >= 11 is 0. The fourth-order valence-electron chi connectivity index (χ4n) is 3.34. The number of carbonyl (C=O) groups excluding carboxylic acids is 1. The van der Waals surface area contributed by atoms with Gasteiger partial charge in [0.25, 0.3) is 15.9 Å². The molecule has 0 bridgehead atoms. The monoisotopic (exact) mass is 436 g/mol. The highest BCUT2D eigenvalue weighted by molar-refractivity contribution is 7.92. The summed E-state index contributed by atoms with van der Waals surface area (Å²) in [5.41, 5.74) is 4.42. The summed E-state index contributed by atoms with van der Waals surface area (Å²) in [4.78, 5) is 12.8. The number of amides is 1. The fourth-order valence-corrected chi connectivity index (χ4v) is 4.73. The van der Waals surface area contributed by atoms with Crippen molar-refractivity contribution in [1.82, 2.24) is 5.32 Å². The van der Waals surface area contributed by atoms with Crippen molar-refractivity contribution in [3.63, 3.8) is 0 Å². The lowest BCUT2D eigenvalue weighted by atomic mass is 10.0. The van der Waals surface area contributed by atoms with Gasteiger partial charge in [-0.3, -0.25) is 9.52 Å². The number of benzene rings is 3. The molecular formula is C25H28N2O3S. The first-order valence-electron chi connectivity index (χ1n) is 10.2. The predicted molar refractivity (Wildman–Crippen MR) is 125 cm³/mol. The van der Waals surface area contributed by atoms with Crippen LogP contribution in [-0.2, 0) is 10.0 Å². The van der Waals surface area contributed by atoms with Crippen molar-refractivity contribution in [3.8, 4) is 0 Å². The zero-order valence-corrected chi connectivity index (χ0v) is 19.1.